The predicted octanol–water partition coefficient (Wildman–Crippen LogP) is 3.40. The second-order valence-electron chi connectivity index (χ2n) is 5.92. The van der Waals surface area contributed by atoms with Crippen molar-refractivity contribution in [3.05, 3.63) is 29.6 Å². The third-order valence-corrected chi connectivity index (χ3v) is 4.57. The Balaban J connectivity index is 2.45. The van der Waals surface area contributed by atoms with Crippen molar-refractivity contribution in [1.82, 2.24) is 9.88 Å². The van der Waals surface area contributed by atoms with Crippen molar-refractivity contribution in [1.29, 1.82) is 0 Å². The van der Waals surface area contributed by atoms with Crippen molar-refractivity contribution < 1.29 is 18.3 Å². The van der Waals surface area contributed by atoms with E-state index in [1.54, 1.807) is 0 Å². The van der Waals surface area contributed by atoms with Crippen LogP contribution < -0.4 is 0 Å². The molecule has 0 aliphatic heterocycles. The van der Waals surface area contributed by atoms with Crippen LogP contribution in [0.3, 0.4) is 0 Å². The van der Waals surface area contributed by atoms with Crippen LogP contribution >= 0.6 is 0 Å². The molecule has 21 heavy (non-hydrogen) atoms. The first kappa shape index (κ1) is 16.2. The fraction of sp³-hybridized carbons (Fsp3) is 0.667. The number of nitrogens with zero attached hydrogens (tertiary/aromatic N) is 2. The Labute approximate surface area is 122 Å². The largest absolute Gasteiger partial charge is 0.416 e. The maximum Gasteiger partial charge on any atom is 0.416 e. The van der Waals surface area contributed by atoms with Gasteiger partial charge in [-0.1, -0.05) is 19.3 Å². The summed E-state index contributed by atoms with van der Waals surface area (Å²) < 4.78 is 39.4. The molecule has 1 N–H and O–H groups in total. The summed E-state index contributed by atoms with van der Waals surface area (Å²) in [5, 5.41) is 10.7. The summed E-state index contributed by atoms with van der Waals surface area (Å²) in [4.78, 5) is 5.65. The second-order valence-corrected chi connectivity index (χ2v) is 5.92. The minimum atomic E-state index is -4.48. The van der Waals surface area contributed by atoms with E-state index in [9.17, 15) is 18.3 Å². The SMILES string of the molecule is CN(C)C1(C(O)c2cnccc2C(F)(F)F)CCCCC1. The van der Waals surface area contributed by atoms with Gasteiger partial charge in [0.1, 0.15) is 0 Å². The molecule has 1 aromatic heterocycles. The highest BCUT2D eigenvalue weighted by Gasteiger charge is 2.45. The van der Waals surface area contributed by atoms with Crippen molar-refractivity contribution in [2.75, 3.05) is 14.1 Å². The fourth-order valence-corrected chi connectivity index (χ4v) is 3.30. The molecule has 1 fully saturated rings. The molecule has 1 aliphatic carbocycles. The number of alkyl halides is 3. The van der Waals surface area contributed by atoms with Gasteiger partial charge in [-0.25, -0.2) is 0 Å². The molecule has 1 atom stereocenters. The van der Waals surface area contributed by atoms with Gasteiger partial charge < -0.3 is 10.0 Å². The van der Waals surface area contributed by atoms with E-state index in [2.05, 4.69) is 4.98 Å². The Kier molecular flexibility index (Phi) is 4.58. The smallest absolute Gasteiger partial charge is 0.386 e. The van der Waals surface area contributed by atoms with Crippen LogP contribution in [0.1, 0.15) is 49.3 Å². The van der Waals surface area contributed by atoms with Crippen molar-refractivity contribution in [2.24, 2.45) is 0 Å². The van der Waals surface area contributed by atoms with Gasteiger partial charge in [-0.05, 0) is 33.0 Å². The van der Waals surface area contributed by atoms with Gasteiger partial charge in [-0.3, -0.25) is 4.98 Å². The van der Waals surface area contributed by atoms with Gasteiger partial charge in [0, 0.05) is 18.0 Å². The van der Waals surface area contributed by atoms with Crippen LogP contribution in [-0.2, 0) is 6.18 Å². The lowest BCUT2D eigenvalue weighted by atomic mass is 9.74. The van der Waals surface area contributed by atoms with Gasteiger partial charge in [-0.15, -0.1) is 0 Å². The molecule has 0 aromatic carbocycles. The number of aliphatic hydroxyl groups excluding tert-OH is 1. The average molecular weight is 302 g/mol. The summed E-state index contributed by atoms with van der Waals surface area (Å²) in [6.07, 6.45) is 0.838. The average Bonchev–Trinajstić information content (AvgIpc) is 2.46. The summed E-state index contributed by atoms with van der Waals surface area (Å²) in [6.45, 7) is 0. The first-order valence-corrected chi connectivity index (χ1v) is 7.15. The predicted molar refractivity (Wildman–Crippen MR) is 73.7 cm³/mol. The number of pyridine rings is 1. The van der Waals surface area contributed by atoms with Gasteiger partial charge in [0.05, 0.1) is 17.2 Å². The van der Waals surface area contributed by atoms with E-state index < -0.39 is 23.4 Å². The van der Waals surface area contributed by atoms with Crippen molar-refractivity contribution in [2.45, 2.75) is 49.9 Å². The van der Waals surface area contributed by atoms with Crippen LogP contribution in [0.4, 0.5) is 13.2 Å². The standard InChI is InChI=1S/C15H21F3N2O/c1-20(2)14(7-4-3-5-8-14)13(21)11-10-19-9-6-12(11)15(16,17)18/h6,9-10,13,21H,3-5,7-8H2,1-2H3. The molecule has 0 amide bonds. The third-order valence-electron chi connectivity index (χ3n) is 4.57. The Hall–Kier alpha value is -1.14. The lowest BCUT2D eigenvalue weighted by Gasteiger charge is -2.46. The van der Waals surface area contributed by atoms with Crippen LogP contribution in [0.2, 0.25) is 0 Å². The van der Waals surface area contributed by atoms with E-state index >= 15 is 0 Å². The highest BCUT2D eigenvalue weighted by atomic mass is 19.4. The first-order valence-electron chi connectivity index (χ1n) is 7.15. The minimum absolute atomic E-state index is 0.124. The maximum atomic E-state index is 13.1. The van der Waals surface area contributed by atoms with Gasteiger partial charge in [0.25, 0.3) is 0 Å². The lowest BCUT2D eigenvalue weighted by Crippen LogP contribution is -2.51. The molecule has 0 radical (unpaired) electrons. The highest BCUT2D eigenvalue weighted by Crippen LogP contribution is 2.44. The molecule has 1 saturated carbocycles. The van der Waals surface area contributed by atoms with Crippen LogP contribution in [0, 0.1) is 0 Å². The van der Waals surface area contributed by atoms with E-state index in [0.717, 1.165) is 37.7 Å². The summed E-state index contributed by atoms with van der Waals surface area (Å²) >= 11 is 0. The Bertz CT molecular complexity index is 482. The number of hydrogen-bond donors (Lipinski definition) is 1. The third kappa shape index (κ3) is 3.06. The van der Waals surface area contributed by atoms with Gasteiger partial charge >= 0.3 is 6.18 Å². The number of hydrogen-bond acceptors (Lipinski definition) is 3. The number of aromatic nitrogens is 1. The molecule has 1 aliphatic rings. The van der Waals surface area contributed by atoms with E-state index in [-0.39, 0.29) is 5.56 Å². The normalized spacial score (nSPS) is 20.5. The van der Waals surface area contributed by atoms with Crippen LogP contribution in [-0.4, -0.2) is 34.6 Å². The zero-order valence-electron chi connectivity index (χ0n) is 12.3. The molecule has 3 nitrogen and oxygen atoms in total. The van der Waals surface area contributed by atoms with E-state index in [0.29, 0.717) is 12.8 Å². The Morgan fingerprint density at radius 3 is 2.38 bits per heavy atom. The zero-order chi connectivity index (χ0) is 15.7. The molecule has 0 saturated heterocycles. The van der Waals surface area contributed by atoms with Crippen molar-refractivity contribution in [3.8, 4) is 0 Å². The van der Waals surface area contributed by atoms with Gasteiger partial charge in [0.2, 0.25) is 0 Å². The van der Waals surface area contributed by atoms with Crippen LogP contribution in [0.25, 0.3) is 0 Å². The molecule has 1 aromatic rings. The topological polar surface area (TPSA) is 36.4 Å². The van der Waals surface area contributed by atoms with E-state index in [1.807, 2.05) is 19.0 Å². The number of likely N-dealkylation sites (N-methyl/N-ethyl adjacent to an activating group) is 1. The highest BCUT2D eigenvalue weighted by molar-refractivity contribution is 5.31. The van der Waals surface area contributed by atoms with Crippen molar-refractivity contribution in [3.63, 3.8) is 0 Å². The number of rotatable bonds is 3. The molecule has 1 unspecified atom stereocenters. The van der Waals surface area contributed by atoms with Gasteiger partial charge in [-0.2, -0.15) is 13.2 Å². The maximum absolute atomic E-state index is 13.1. The Morgan fingerprint density at radius 2 is 1.86 bits per heavy atom. The first-order chi connectivity index (χ1) is 9.79. The summed E-state index contributed by atoms with van der Waals surface area (Å²) in [6, 6.07) is 0.935. The second kappa shape index (κ2) is 5.93. The zero-order valence-corrected chi connectivity index (χ0v) is 12.3. The Morgan fingerprint density at radius 1 is 1.24 bits per heavy atom. The number of aliphatic hydroxyl groups is 1. The molecular formula is C15H21F3N2O. The van der Waals surface area contributed by atoms with Crippen LogP contribution in [0.5, 0.6) is 0 Å². The minimum Gasteiger partial charge on any atom is -0.386 e. The number of halogens is 3. The van der Waals surface area contributed by atoms with E-state index in [4.69, 9.17) is 0 Å². The molecule has 1 heterocycles. The quantitative estimate of drug-likeness (QED) is 0.929. The van der Waals surface area contributed by atoms with E-state index in [1.165, 1.54) is 0 Å². The monoisotopic (exact) mass is 302 g/mol. The molecule has 0 spiro atoms. The van der Waals surface area contributed by atoms with Crippen molar-refractivity contribution >= 4 is 0 Å². The summed E-state index contributed by atoms with van der Waals surface area (Å²) in [5.41, 5.74) is -1.57. The molecule has 6 heteroatoms. The molecule has 2 rings (SSSR count). The fourth-order valence-electron chi connectivity index (χ4n) is 3.30. The van der Waals surface area contributed by atoms with Crippen LogP contribution in [0.15, 0.2) is 18.5 Å². The molecule has 0 bridgehead atoms. The summed E-state index contributed by atoms with van der Waals surface area (Å²) in [5.74, 6) is 0. The van der Waals surface area contributed by atoms with Gasteiger partial charge in [0.15, 0.2) is 0 Å². The summed E-state index contributed by atoms with van der Waals surface area (Å²) in [7, 11) is 3.64. The molecule has 118 valence electrons. The molecular weight excluding hydrogens is 281 g/mol. The lowest BCUT2D eigenvalue weighted by molar-refractivity contribution is -0.140.